The molecule has 0 bridgehead atoms. The highest BCUT2D eigenvalue weighted by molar-refractivity contribution is 5.91. The first-order valence-electron chi connectivity index (χ1n) is 9.34. The Hall–Kier alpha value is -3.74. The number of nitro groups is 1. The molecule has 0 unspecified atom stereocenters. The summed E-state index contributed by atoms with van der Waals surface area (Å²) in [6.45, 7) is 0. The summed E-state index contributed by atoms with van der Waals surface area (Å²) in [7, 11) is 0. The number of hydrogen-bond donors (Lipinski definition) is 0. The Morgan fingerprint density at radius 2 is 1.69 bits per heavy atom. The van der Waals surface area contributed by atoms with Crippen LogP contribution in [0.1, 0.15) is 34.5 Å². The van der Waals surface area contributed by atoms with Crippen LogP contribution in [-0.4, -0.2) is 15.5 Å². The van der Waals surface area contributed by atoms with Crippen LogP contribution in [0.5, 0.6) is 5.75 Å². The van der Waals surface area contributed by atoms with E-state index in [0.29, 0.717) is 6.42 Å². The monoisotopic (exact) mass is 390 g/mol. The van der Waals surface area contributed by atoms with Gasteiger partial charge in [0, 0.05) is 35.1 Å². The van der Waals surface area contributed by atoms with Crippen molar-refractivity contribution < 1.29 is 14.5 Å². The van der Waals surface area contributed by atoms with Crippen LogP contribution in [0.2, 0.25) is 0 Å². The van der Waals surface area contributed by atoms with Crippen LogP contribution in [0.3, 0.4) is 0 Å². The molecule has 1 aliphatic rings. The van der Waals surface area contributed by atoms with Gasteiger partial charge in [0.15, 0.2) is 0 Å². The third kappa shape index (κ3) is 3.67. The minimum absolute atomic E-state index is 0.107. The summed E-state index contributed by atoms with van der Waals surface area (Å²) in [6.07, 6.45) is 3.34. The average Bonchev–Trinajstić information content (AvgIpc) is 2.74. The summed E-state index contributed by atoms with van der Waals surface area (Å²) in [5, 5.41) is 10.8. The number of ether oxygens (including phenoxy) is 1. The molecule has 2 aromatic carbocycles. The molecule has 1 aromatic heterocycles. The lowest BCUT2D eigenvalue weighted by Crippen LogP contribution is -2.26. The minimum atomic E-state index is -0.649. The molecule has 7 heteroatoms. The van der Waals surface area contributed by atoms with Crippen molar-refractivity contribution in [3.63, 3.8) is 0 Å². The molecule has 0 aliphatic heterocycles. The third-order valence-corrected chi connectivity index (χ3v) is 5.01. The largest absolute Gasteiger partial charge is 0.422 e. The fraction of sp³-hybridized carbons (Fsp3) is 0.182. The number of carbonyl (C=O) groups excluding carboxylic acids is 1. The molecule has 0 fully saturated rings. The minimum Gasteiger partial charge on any atom is -0.422 e. The zero-order valence-corrected chi connectivity index (χ0v) is 15.5. The standard InChI is InChI=1S/C22H18N2O5/c25-21-14-20(29-22(26)15-10-12-17(13-11-15)24(27)28)18-8-4-5-9-19(18)23(21)16-6-2-1-3-7-16/h1-3,6-7,10-14H,4-5,8-9H2. The summed E-state index contributed by atoms with van der Waals surface area (Å²) < 4.78 is 7.23. The number of nitro benzene ring substituents is 1. The van der Waals surface area contributed by atoms with Gasteiger partial charge in [0.05, 0.1) is 10.5 Å². The first kappa shape index (κ1) is 18.6. The summed E-state index contributed by atoms with van der Waals surface area (Å²) in [6, 6.07) is 15.9. The second-order valence-electron chi connectivity index (χ2n) is 6.84. The Morgan fingerprint density at radius 1 is 1.00 bits per heavy atom. The van der Waals surface area contributed by atoms with Crippen molar-refractivity contribution in [1.29, 1.82) is 0 Å². The molecule has 0 saturated heterocycles. The lowest BCUT2D eigenvalue weighted by molar-refractivity contribution is -0.384. The van der Waals surface area contributed by atoms with E-state index < -0.39 is 10.9 Å². The fourth-order valence-electron chi connectivity index (χ4n) is 3.63. The molecule has 7 nitrogen and oxygen atoms in total. The number of aromatic nitrogens is 1. The average molecular weight is 390 g/mol. The van der Waals surface area contributed by atoms with Crippen LogP contribution in [0.25, 0.3) is 5.69 Å². The molecule has 0 N–H and O–H groups in total. The van der Waals surface area contributed by atoms with Gasteiger partial charge in [-0.2, -0.15) is 0 Å². The number of non-ortho nitro benzene ring substituents is 1. The van der Waals surface area contributed by atoms with Crippen LogP contribution in [0.15, 0.2) is 65.5 Å². The second-order valence-corrected chi connectivity index (χ2v) is 6.84. The maximum atomic E-state index is 12.8. The molecule has 0 atom stereocenters. The van der Waals surface area contributed by atoms with E-state index in [9.17, 15) is 19.7 Å². The third-order valence-electron chi connectivity index (χ3n) is 5.01. The van der Waals surface area contributed by atoms with Gasteiger partial charge < -0.3 is 4.74 Å². The number of hydrogen-bond acceptors (Lipinski definition) is 5. The normalized spacial score (nSPS) is 12.8. The molecule has 3 aromatic rings. The molecule has 0 radical (unpaired) electrons. The Balaban J connectivity index is 1.71. The predicted molar refractivity (Wildman–Crippen MR) is 107 cm³/mol. The Morgan fingerprint density at radius 3 is 2.38 bits per heavy atom. The number of pyridine rings is 1. The van der Waals surface area contributed by atoms with Crippen molar-refractivity contribution in [2.24, 2.45) is 0 Å². The Labute approximate surface area is 166 Å². The fourth-order valence-corrected chi connectivity index (χ4v) is 3.63. The summed E-state index contributed by atoms with van der Waals surface area (Å²) in [5.41, 5.74) is 2.32. The first-order chi connectivity index (χ1) is 14.0. The number of fused-ring (bicyclic) bond motifs is 1. The Bertz CT molecular complexity index is 1130. The van der Waals surface area contributed by atoms with Crippen molar-refractivity contribution in [1.82, 2.24) is 4.57 Å². The zero-order valence-electron chi connectivity index (χ0n) is 15.5. The van der Waals surface area contributed by atoms with Crippen molar-refractivity contribution in [2.75, 3.05) is 0 Å². The second kappa shape index (κ2) is 7.71. The number of nitrogens with zero attached hydrogens (tertiary/aromatic N) is 2. The summed E-state index contributed by atoms with van der Waals surface area (Å²) in [4.78, 5) is 35.6. The number of carbonyl (C=O) groups is 1. The maximum Gasteiger partial charge on any atom is 0.343 e. The van der Waals surface area contributed by atoms with Crippen LogP contribution >= 0.6 is 0 Å². The van der Waals surface area contributed by atoms with Crippen LogP contribution in [-0.2, 0) is 12.8 Å². The molecular formula is C22H18N2O5. The van der Waals surface area contributed by atoms with E-state index in [-0.39, 0.29) is 22.6 Å². The van der Waals surface area contributed by atoms with Crippen LogP contribution in [0, 0.1) is 10.1 Å². The predicted octanol–water partition coefficient (Wildman–Crippen LogP) is 3.84. The number of esters is 1. The van der Waals surface area contributed by atoms with Crippen LogP contribution < -0.4 is 10.3 Å². The highest BCUT2D eigenvalue weighted by Gasteiger charge is 2.23. The van der Waals surface area contributed by atoms with Gasteiger partial charge in [-0.1, -0.05) is 18.2 Å². The van der Waals surface area contributed by atoms with E-state index >= 15 is 0 Å². The van der Waals surface area contributed by atoms with Gasteiger partial charge in [-0.15, -0.1) is 0 Å². The lowest BCUT2D eigenvalue weighted by atomic mass is 9.94. The van der Waals surface area contributed by atoms with E-state index in [0.717, 1.165) is 36.2 Å². The quantitative estimate of drug-likeness (QED) is 0.383. The summed E-state index contributed by atoms with van der Waals surface area (Å²) >= 11 is 0. The van der Waals surface area contributed by atoms with Gasteiger partial charge in [0.25, 0.3) is 11.2 Å². The Kier molecular flexibility index (Phi) is 4.95. The summed E-state index contributed by atoms with van der Waals surface area (Å²) in [5.74, 6) is -0.384. The first-order valence-corrected chi connectivity index (χ1v) is 9.34. The lowest BCUT2D eigenvalue weighted by Gasteiger charge is -2.23. The van der Waals surface area contributed by atoms with E-state index in [2.05, 4.69) is 0 Å². The molecule has 146 valence electrons. The van der Waals surface area contributed by atoms with E-state index in [1.165, 1.54) is 30.3 Å². The van der Waals surface area contributed by atoms with Gasteiger partial charge in [0.1, 0.15) is 5.75 Å². The molecule has 29 heavy (non-hydrogen) atoms. The van der Waals surface area contributed by atoms with E-state index in [1.807, 2.05) is 30.3 Å². The molecule has 1 aliphatic carbocycles. The van der Waals surface area contributed by atoms with Gasteiger partial charge in [-0.25, -0.2) is 4.79 Å². The molecular weight excluding hydrogens is 372 g/mol. The highest BCUT2D eigenvalue weighted by atomic mass is 16.6. The molecule has 4 rings (SSSR count). The number of rotatable bonds is 4. The molecule has 0 amide bonds. The molecule has 0 spiro atoms. The van der Waals surface area contributed by atoms with E-state index in [1.54, 1.807) is 4.57 Å². The van der Waals surface area contributed by atoms with Gasteiger partial charge in [-0.3, -0.25) is 19.5 Å². The smallest absolute Gasteiger partial charge is 0.343 e. The van der Waals surface area contributed by atoms with Crippen LogP contribution in [0.4, 0.5) is 5.69 Å². The number of benzene rings is 2. The van der Waals surface area contributed by atoms with Gasteiger partial charge in [0.2, 0.25) is 0 Å². The molecule has 1 heterocycles. The maximum absolute atomic E-state index is 12.8. The molecule has 0 saturated carbocycles. The number of para-hydroxylation sites is 1. The van der Waals surface area contributed by atoms with E-state index in [4.69, 9.17) is 4.74 Å². The SMILES string of the molecule is O=C(Oc1cc(=O)n(-c2ccccc2)c2c1CCCC2)c1ccc([N+](=O)[O-])cc1. The van der Waals surface area contributed by atoms with Crippen molar-refractivity contribution in [3.8, 4) is 11.4 Å². The van der Waals surface area contributed by atoms with Crippen molar-refractivity contribution >= 4 is 11.7 Å². The topological polar surface area (TPSA) is 91.4 Å². The van der Waals surface area contributed by atoms with Crippen molar-refractivity contribution in [3.05, 3.63) is 98.0 Å². The zero-order chi connectivity index (χ0) is 20.4. The van der Waals surface area contributed by atoms with Crippen molar-refractivity contribution in [2.45, 2.75) is 25.7 Å². The highest BCUT2D eigenvalue weighted by Crippen LogP contribution is 2.30. The van der Waals surface area contributed by atoms with Gasteiger partial charge in [-0.05, 0) is 49.9 Å². The van der Waals surface area contributed by atoms with Gasteiger partial charge >= 0.3 is 5.97 Å².